The lowest BCUT2D eigenvalue weighted by molar-refractivity contribution is -0.178. The first kappa shape index (κ1) is 27.8. The third kappa shape index (κ3) is 11.1. The van der Waals surface area contributed by atoms with Crippen molar-refractivity contribution in [2.45, 2.75) is 37.3 Å². The van der Waals surface area contributed by atoms with E-state index >= 15 is 0 Å². The SMILES string of the molecule is O=C(CC(F)(F)F)OCCC(CCOC(=O)C(F)(F)CF)COC(=O)C(F)(F)CF. The van der Waals surface area contributed by atoms with Crippen molar-refractivity contribution in [2.24, 2.45) is 5.92 Å². The Balaban J connectivity index is 4.74. The zero-order chi connectivity index (χ0) is 23.6. The van der Waals surface area contributed by atoms with Crippen LogP contribution in [0.1, 0.15) is 19.3 Å². The highest BCUT2D eigenvalue weighted by atomic mass is 19.4. The van der Waals surface area contributed by atoms with Crippen LogP contribution in [0.3, 0.4) is 0 Å². The standard InChI is InChI=1S/C15H17F9O6/c16-7-13(18,19)11(26)29-4-2-9(6-30-12(27)14(20,21)8-17)1-3-28-10(25)5-15(22,23)24/h9H,1-8H2. The minimum absolute atomic E-state index is 0.421. The first-order valence-corrected chi connectivity index (χ1v) is 8.09. The van der Waals surface area contributed by atoms with Crippen LogP contribution < -0.4 is 0 Å². The number of rotatable bonds is 13. The molecule has 1 unspecified atom stereocenters. The Labute approximate surface area is 163 Å². The molecule has 0 aromatic heterocycles. The summed E-state index contributed by atoms with van der Waals surface area (Å²) in [5, 5.41) is 0. The van der Waals surface area contributed by atoms with E-state index in [-0.39, 0.29) is 0 Å². The maximum Gasteiger partial charge on any atom is 0.399 e. The molecule has 0 fully saturated rings. The van der Waals surface area contributed by atoms with Crippen LogP contribution in [0.15, 0.2) is 0 Å². The van der Waals surface area contributed by atoms with E-state index in [1.54, 1.807) is 0 Å². The largest absolute Gasteiger partial charge is 0.465 e. The lowest BCUT2D eigenvalue weighted by Crippen LogP contribution is -2.35. The van der Waals surface area contributed by atoms with Crippen molar-refractivity contribution in [2.75, 3.05) is 33.2 Å². The molecule has 0 amide bonds. The average Bonchev–Trinajstić information content (AvgIpc) is 2.63. The summed E-state index contributed by atoms with van der Waals surface area (Å²) in [6.07, 6.45) is -7.65. The van der Waals surface area contributed by atoms with Gasteiger partial charge in [-0.25, -0.2) is 18.4 Å². The van der Waals surface area contributed by atoms with Crippen molar-refractivity contribution < 1.29 is 68.1 Å². The van der Waals surface area contributed by atoms with Gasteiger partial charge in [0.1, 0.15) is 6.42 Å². The van der Waals surface area contributed by atoms with E-state index in [0.29, 0.717) is 0 Å². The van der Waals surface area contributed by atoms with Gasteiger partial charge in [-0.3, -0.25) is 4.79 Å². The van der Waals surface area contributed by atoms with Crippen molar-refractivity contribution in [3.63, 3.8) is 0 Å². The van der Waals surface area contributed by atoms with Crippen LogP contribution in [-0.4, -0.2) is 69.1 Å². The van der Waals surface area contributed by atoms with Crippen LogP contribution in [0.25, 0.3) is 0 Å². The van der Waals surface area contributed by atoms with E-state index in [4.69, 9.17) is 0 Å². The minimum atomic E-state index is -4.85. The number of carbonyl (C=O) groups is 3. The smallest absolute Gasteiger partial charge is 0.399 e. The van der Waals surface area contributed by atoms with Gasteiger partial charge in [-0.1, -0.05) is 0 Å². The molecular weight excluding hydrogens is 447 g/mol. The predicted molar refractivity (Wildman–Crippen MR) is 78.1 cm³/mol. The summed E-state index contributed by atoms with van der Waals surface area (Å²) in [7, 11) is 0. The second-order valence-electron chi connectivity index (χ2n) is 5.87. The fourth-order valence-electron chi connectivity index (χ4n) is 1.70. The summed E-state index contributed by atoms with van der Waals surface area (Å²) in [4.78, 5) is 32.9. The molecule has 0 aromatic rings. The minimum Gasteiger partial charge on any atom is -0.465 e. The van der Waals surface area contributed by atoms with Crippen LogP contribution in [0.4, 0.5) is 39.5 Å². The molecule has 0 aliphatic rings. The Morgan fingerprint density at radius 3 is 1.57 bits per heavy atom. The van der Waals surface area contributed by atoms with E-state index in [9.17, 15) is 53.9 Å². The van der Waals surface area contributed by atoms with E-state index in [0.717, 1.165) is 0 Å². The quantitative estimate of drug-likeness (QED) is 0.237. The fourth-order valence-corrected chi connectivity index (χ4v) is 1.70. The molecule has 0 radical (unpaired) electrons. The Morgan fingerprint density at radius 1 is 0.700 bits per heavy atom. The third-order valence-corrected chi connectivity index (χ3v) is 3.28. The Kier molecular flexibility index (Phi) is 11.0. The van der Waals surface area contributed by atoms with Crippen molar-refractivity contribution >= 4 is 17.9 Å². The molecule has 0 bridgehead atoms. The fraction of sp³-hybridized carbons (Fsp3) is 0.800. The maximum absolute atomic E-state index is 12.8. The van der Waals surface area contributed by atoms with E-state index in [2.05, 4.69) is 14.2 Å². The van der Waals surface area contributed by atoms with Gasteiger partial charge in [0.05, 0.1) is 19.8 Å². The first-order chi connectivity index (χ1) is 13.6. The van der Waals surface area contributed by atoms with Gasteiger partial charge < -0.3 is 14.2 Å². The zero-order valence-electron chi connectivity index (χ0n) is 15.1. The topological polar surface area (TPSA) is 78.9 Å². The van der Waals surface area contributed by atoms with Gasteiger partial charge in [0.25, 0.3) is 0 Å². The number of halogens is 9. The van der Waals surface area contributed by atoms with Crippen LogP contribution in [0, 0.1) is 5.92 Å². The Morgan fingerprint density at radius 2 is 1.13 bits per heavy atom. The van der Waals surface area contributed by atoms with Crippen LogP contribution in [0.2, 0.25) is 0 Å². The highest BCUT2D eigenvalue weighted by Gasteiger charge is 2.42. The number of ether oxygens (including phenoxy) is 3. The summed E-state index contributed by atoms with van der Waals surface area (Å²) >= 11 is 0. The van der Waals surface area contributed by atoms with Crippen molar-refractivity contribution in [3.05, 3.63) is 0 Å². The van der Waals surface area contributed by atoms with Crippen LogP contribution in [-0.2, 0) is 28.6 Å². The molecule has 0 aromatic carbocycles. The highest BCUT2D eigenvalue weighted by molar-refractivity contribution is 5.78. The third-order valence-electron chi connectivity index (χ3n) is 3.28. The molecule has 0 N–H and O–H groups in total. The molecule has 0 spiro atoms. The predicted octanol–water partition coefficient (Wildman–Crippen LogP) is 3.17. The second kappa shape index (κ2) is 11.8. The van der Waals surface area contributed by atoms with Crippen LogP contribution >= 0.6 is 0 Å². The van der Waals surface area contributed by atoms with Gasteiger partial charge >= 0.3 is 35.9 Å². The number of alkyl halides is 9. The zero-order valence-corrected chi connectivity index (χ0v) is 15.1. The number of hydrogen-bond donors (Lipinski definition) is 0. The normalized spacial score (nSPS) is 13.5. The van der Waals surface area contributed by atoms with Crippen molar-refractivity contribution in [1.29, 1.82) is 0 Å². The molecule has 0 heterocycles. The lowest BCUT2D eigenvalue weighted by Gasteiger charge is -2.19. The molecule has 1 atom stereocenters. The second-order valence-corrected chi connectivity index (χ2v) is 5.87. The molecule has 0 saturated heterocycles. The highest BCUT2D eigenvalue weighted by Crippen LogP contribution is 2.21. The van der Waals surface area contributed by atoms with Gasteiger partial charge in [0.2, 0.25) is 0 Å². The molecule has 0 aliphatic heterocycles. The van der Waals surface area contributed by atoms with Gasteiger partial charge in [0.15, 0.2) is 13.3 Å². The van der Waals surface area contributed by atoms with E-state index in [1.807, 2.05) is 0 Å². The summed E-state index contributed by atoms with van der Waals surface area (Å²) in [6, 6.07) is 0. The average molecular weight is 464 g/mol. The molecule has 15 heteroatoms. The summed E-state index contributed by atoms with van der Waals surface area (Å²) < 4.78 is 124. The summed E-state index contributed by atoms with van der Waals surface area (Å²) in [6.45, 7) is -7.19. The Bertz CT molecular complexity index is 579. The van der Waals surface area contributed by atoms with E-state index < -0.39 is 94.3 Å². The van der Waals surface area contributed by atoms with Crippen molar-refractivity contribution in [3.8, 4) is 0 Å². The van der Waals surface area contributed by atoms with Gasteiger partial charge in [-0.05, 0) is 18.8 Å². The molecule has 176 valence electrons. The number of esters is 3. The molecular formula is C15H17F9O6. The molecule has 30 heavy (non-hydrogen) atoms. The molecule has 0 rings (SSSR count). The first-order valence-electron chi connectivity index (χ1n) is 8.09. The lowest BCUT2D eigenvalue weighted by atomic mass is 10.0. The maximum atomic E-state index is 12.8. The van der Waals surface area contributed by atoms with Gasteiger partial charge in [-0.2, -0.15) is 30.7 Å². The molecule has 0 saturated carbocycles. The van der Waals surface area contributed by atoms with Gasteiger partial charge in [0, 0.05) is 0 Å². The van der Waals surface area contributed by atoms with Crippen LogP contribution in [0.5, 0.6) is 0 Å². The number of hydrogen-bond acceptors (Lipinski definition) is 6. The summed E-state index contributed by atoms with van der Waals surface area (Å²) in [5.41, 5.74) is 0. The van der Waals surface area contributed by atoms with Gasteiger partial charge in [-0.15, -0.1) is 0 Å². The molecule has 6 nitrogen and oxygen atoms in total. The van der Waals surface area contributed by atoms with Crippen molar-refractivity contribution in [1.82, 2.24) is 0 Å². The molecule has 0 aliphatic carbocycles. The summed E-state index contributed by atoms with van der Waals surface area (Å²) in [5.74, 6) is -16.2. The van der Waals surface area contributed by atoms with E-state index in [1.165, 1.54) is 0 Å². The monoisotopic (exact) mass is 464 g/mol. The Hall–Kier alpha value is -2.22. The number of carbonyl (C=O) groups excluding carboxylic acids is 3.